The standard InChI is InChI=1S/C26H39Cl/c1-2-3-6-21-9-11-22(12-10-21)7-4-5-8-23-13-15-24(16-14-23)25-17-19-26(27)20-18-25/h4,7,17-24H,2-3,5-6,8-16H2,1H3/b7-4+. The van der Waals surface area contributed by atoms with Crippen molar-refractivity contribution in [2.45, 2.75) is 96.3 Å². The molecule has 2 aliphatic rings. The van der Waals surface area contributed by atoms with Crippen LogP contribution in [0.2, 0.25) is 5.02 Å². The minimum atomic E-state index is 0.761. The third-order valence-electron chi connectivity index (χ3n) is 7.20. The zero-order valence-corrected chi connectivity index (χ0v) is 18.1. The number of rotatable bonds is 8. The van der Waals surface area contributed by atoms with E-state index in [2.05, 4.69) is 31.2 Å². The van der Waals surface area contributed by atoms with Gasteiger partial charge in [-0.3, -0.25) is 0 Å². The van der Waals surface area contributed by atoms with Gasteiger partial charge in [0.15, 0.2) is 0 Å². The Morgan fingerprint density at radius 2 is 1.48 bits per heavy atom. The van der Waals surface area contributed by atoms with Crippen molar-refractivity contribution in [1.29, 1.82) is 0 Å². The summed E-state index contributed by atoms with van der Waals surface area (Å²) in [6.45, 7) is 2.32. The van der Waals surface area contributed by atoms with Gasteiger partial charge in [-0.25, -0.2) is 0 Å². The topological polar surface area (TPSA) is 0 Å². The molecule has 0 unspecified atom stereocenters. The smallest absolute Gasteiger partial charge is 0.0406 e. The lowest BCUT2D eigenvalue weighted by Crippen LogP contribution is -2.13. The first-order valence-corrected chi connectivity index (χ1v) is 12.0. The molecule has 0 saturated heterocycles. The molecule has 0 aromatic heterocycles. The maximum absolute atomic E-state index is 6.02. The van der Waals surface area contributed by atoms with Crippen molar-refractivity contribution in [3.8, 4) is 0 Å². The molecule has 0 atom stereocenters. The first-order valence-electron chi connectivity index (χ1n) is 11.7. The van der Waals surface area contributed by atoms with E-state index in [1.165, 1.54) is 89.0 Å². The molecule has 2 aliphatic carbocycles. The molecule has 1 aromatic carbocycles. The van der Waals surface area contributed by atoms with Crippen molar-refractivity contribution in [2.24, 2.45) is 17.8 Å². The van der Waals surface area contributed by atoms with E-state index in [-0.39, 0.29) is 0 Å². The fraction of sp³-hybridized carbons (Fsp3) is 0.692. The first kappa shape index (κ1) is 21.0. The fourth-order valence-corrected chi connectivity index (χ4v) is 5.43. The summed E-state index contributed by atoms with van der Waals surface area (Å²) < 4.78 is 0. The lowest BCUT2D eigenvalue weighted by Gasteiger charge is -2.29. The molecular weight excluding hydrogens is 348 g/mol. The lowest BCUT2D eigenvalue weighted by molar-refractivity contribution is 0.289. The van der Waals surface area contributed by atoms with Crippen LogP contribution < -0.4 is 0 Å². The van der Waals surface area contributed by atoms with Crippen molar-refractivity contribution in [2.75, 3.05) is 0 Å². The Morgan fingerprint density at radius 1 is 0.852 bits per heavy atom. The minimum absolute atomic E-state index is 0.761. The molecule has 0 nitrogen and oxygen atoms in total. The lowest BCUT2D eigenvalue weighted by atomic mass is 9.77. The summed E-state index contributed by atoms with van der Waals surface area (Å²) in [7, 11) is 0. The molecule has 0 N–H and O–H groups in total. The summed E-state index contributed by atoms with van der Waals surface area (Å²) in [5.41, 5.74) is 1.49. The molecule has 1 aromatic rings. The van der Waals surface area contributed by atoms with Crippen molar-refractivity contribution >= 4 is 11.6 Å². The molecule has 0 radical (unpaired) electrons. The van der Waals surface area contributed by atoms with E-state index >= 15 is 0 Å². The summed E-state index contributed by atoms with van der Waals surface area (Å²) in [6.07, 6.45) is 23.4. The van der Waals surface area contributed by atoms with Gasteiger partial charge in [0, 0.05) is 5.02 Å². The molecule has 0 amide bonds. The summed E-state index contributed by atoms with van der Waals surface area (Å²) in [5.74, 6) is 3.62. The largest absolute Gasteiger partial charge is 0.0882 e. The minimum Gasteiger partial charge on any atom is -0.0882 e. The average Bonchev–Trinajstić information content (AvgIpc) is 2.72. The van der Waals surface area contributed by atoms with Gasteiger partial charge in [0.1, 0.15) is 0 Å². The van der Waals surface area contributed by atoms with Crippen molar-refractivity contribution < 1.29 is 0 Å². The Balaban J connectivity index is 1.29. The molecule has 2 saturated carbocycles. The summed E-state index contributed by atoms with van der Waals surface area (Å²) in [4.78, 5) is 0. The van der Waals surface area contributed by atoms with Crippen LogP contribution in [0.5, 0.6) is 0 Å². The fourth-order valence-electron chi connectivity index (χ4n) is 5.30. The average molecular weight is 387 g/mol. The van der Waals surface area contributed by atoms with E-state index in [0.29, 0.717) is 0 Å². The van der Waals surface area contributed by atoms with Crippen LogP contribution in [0.4, 0.5) is 0 Å². The molecule has 3 rings (SSSR count). The predicted octanol–water partition coefficient (Wildman–Crippen LogP) is 8.95. The molecule has 0 spiro atoms. The van der Waals surface area contributed by atoms with E-state index in [9.17, 15) is 0 Å². The van der Waals surface area contributed by atoms with Gasteiger partial charge in [0.05, 0.1) is 0 Å². The van der Waals surface area contributed by atoms with Crippen LogP contribution in [0.3, 0.4) is 0 Å². The van der Waals surface area contributed by atoms with Crippen LogP contribution >= 0.6 is 11.6 Å². The predicted molar refractivity (Wildman–Crippen MR) is 119 cm³/mol. The number of unbranched alkanes of at least 4 members (excludes halogenated alkanes) is 1. The quantitative estimate of drug-likeness (QED) is 0.391. The van der Waals surface area contributed by atoms with E-state index in [0.717, 1.165) is 28.7 Å². The van der Waals surface area contributed by atoms with Crippen molar-refractivity contribution in [3.05, 3.63) is 47.0 Å². The Labute approximate surface area is 172 Å². The van der Waals surface area contributed by atoms with E-state index in [1.54, 1.807) is 0 Å². The van der Waals surface area contributed by atoms with Crippen LogP contribution in [0.25, 0.3) is 0 Å². The molecule has 1 heteroatoms. The summed E-state index contributed by atoms with van der Waals surface area (Å²) >= 11 is 6.02. The van der Waals surface area contributed by atoms with Crippen LogP contribution in [0, 0.1) is 17.8 Å². The molecular formula is C26H39Cl. The van der Waals surface area contributed by atoms with Crippen LogP contribution in [-0.4, -0.2) is 0 Å². The van der Waals surface area contributed by atoms with Crippen molar-refractivity contribution in [1.82, 2.24) is 0 Å². The number of allylic oxidation sites excluding steroid dienone is 2. The number of halogens is 1. The van der Waals surface area contributed by atoms with E-state index in [1.807, 2.05) is 12.1 Å². The SMILES string of the molecule is CCCCC1CCC(/C=C/CCC2CCC(c3ccc(Cl)cc3)CC2)CC1. The van der Waals surface area contributed by atoms with Gasteiger partial charge < -0.3 is 0 Å². The monoisotopic (exact) mass is 386 g/mol. The normalized spacial score (nSPS) is 29.3. The summed E-state index contributed by atoms with van der Waals surface area (Å²) in [6, 6.07) is 8.55. The molecule has 150 valence electrons. The zero-order valence-electron chi connectivity index (χ0n) is 17.3. The molecule has 0 bridgehead atoms. The van der Waals surface area contributed by atoms with Crippen molar-refractivity contribution in [3.63, 3.8) is 0 Å². The number of hydrogen-bond acceptors (Lipinski definition) is 0. The number of benzene rings is 1. The maximum Gasteiger partial charge on any atom is 0.0406 e. The van der Waals surface area contributed by atoms with Crippen LogP contribution in [0.1, 0.15) is 102 Å². The Kier molecular flexibility index (Phi) is 8.78. The zero-order chi connectivity index (χ0) is 18.9. The van der Waals surface area contributed by atoms with Gasteiger partial charge in [-0.1, -0.05) is 62.1 Å². The van der Waals surface area contributed by atoms with Gasteiger partial charge in [0.2, 0.25) is 0 Å². The molecule has 2 fully saturated rings. The van der Waals surface area contributed by atoms with Gasteiger partial charge in [-0.15, -0.1) is 0 Å². The van der Waals surface area contributed by atoms with Gasteiger partial charge in [-0.2, -0.15) is 0 Å². The van der Waals surface area contributed by atoms with Crippen LogP contribution in [-0.2, 0) is 0 Å². The Morgan fingerprint density at radius 3 is 2.15 bits per heavy atom. The maximum atomic E-state index is 6.02. The highest BCUT2D eigenvalue weighted by molar-refractivity contribution is 6.30. The summed E-state index contributed by atoms with van der Waals surface area (Å²) in [5, 5.41) is 0.855. The Bertz CT molecular complexity index is 542. The highest BCUT2D eigenvalue weighted by atomic mass is 35.5. The third kappa shape index (κ3) is 6.97. The number of hydrogen-bond donors (Lipinski definition) is 0. The van der Waals surface area contributed by atoms with Crippen LogP contribution in [0.15, 0.2) is 36.4 Å². The second-order valence-corrected chi connectivity index (χ2v) is 9.63. The van der Waals surface area contributed by atoms with Gasteiger partial charge in [-0.05, 0) is 106 Å². The van der Waals surface area contributed by atoms with Gasteiger partial charge >= 0.3 is 0 Å². The van der Waals surface area contributed by atoms with Gasteiger partial charge in [0.25, 0.3) is 0 Å². The molecule has 0 heterocycles. The second-order valence-electron chi connectivity index (χ2n) is 9.20. The van der Waals surface area contributed by atoms with E-state index < -0.39 is 0 Å². The molecule has 0 aliphatic heterocycles. The highest BCUT2D eigenvalue weighted by Crippen LogP contribution is 2.38. The molecule has 27 heavy (non-hydrogen) atoms. The third-order valence-corrected chi connectivity index (χ3v) is 7.45. The second kappa shape index (κ2) is 11.3. The highest BCUT2D eigenvalue weighted by Gasteiger charge is 2.22. The van der Waals surface area contributed by atoms with E-state index in [4.69, 9.17) is 11.6 Å². The Hall–Kier alpha value is -0.750. The first-order chi connectivity index (χ1) is 13.2.